The number of carbonyl (C=O) groups excluding carboxylic acids is 1. The van der Waals surface area contributed by atoms with Crippen molar-refractivity contribution in [3.05, 3.63) is 59.4 Å². The topological polar surface area (TPSA) is 65.1 Å². The molecule has 0 saturated heterocycles. The molecule has 0 bridgehead atoms. The first-order valence-corrected chi connectivity index (χ1v) is 7.11. The quantitative estimate of drug-likeness (QED) is 0.812. The fourth-order valence-electron chi connectivity index (χ4n) is 2.80. The highest BCUT2D eigenvalue weighted by molar-refractivity contribution is 5.94. The predicted octanol–water partition coefficient (Wildman–Crippen LogP) is 2.53. The molecule has 1 aliphatic carbocycles. The standard InChI is InChI=1S/C16H16F2N2O2/c17-11-1-2-13(14(18)7-11)15(10-5-12(21)6-10)20-16(22)9-3-4-19-8-9/h1-4,7-8,10,12,15,19,21H,5-6H2,(H,20,22)/t10?,12?,15-/m1/s1. The zero-order chi connectivity index (χ0) is 15.7. The summed E-state index contributed by atoms with van der Waals surface area (Å²) in [6, 6.07) is 4.34. The SMILES string of the molecule is O=C(N[C@@H](c1ccc(F)cc1F)C1CC(O)C1)c1cc[nH]c1. The number of hydrogen-bond donors (Lipinski definition) is 3. The Kier molecular flexibility index (Phi) is 3.94. The Morgan fingerprint density at radius 2 is 2.09 bits per heavy atom. The minimum Gasteiger partial charge on any atom is -0.393 e. The lowest BCUT2D eigenvalue weighted by molar-refractivity contribution is 0.0229. The zero-order valence-electron chi connectivity index (χ0n) is 11.7. The van der Waals surface area contributed by atoms with Gasteiger partial charge in [-0.25, -0.2) is 8.78 Å². The van der Waals surface area contributed by atoms with E-state index >= 15 is 0 Å². The lowest BCUT2D eigenvalue weighted by Gasteiger charge is -2.38. The molecule has 22 heavy (non-hydrogen) atoms. The van der Waals surface area contributed by atoms with Crippen LogP contribution in [-0.4, -0.2) is 22.1 Å². The van der Waals surface area contributed by atoms with Gasteiger partial charge in [0, 0.05) is 24.0 Å². The molecule has 1 atom stereocenters. The number of rotatable bonds is 4. The van der Waals surface area contributed by atoms with Crippen LogP contribution < -0.4 is 5.32 Å². The van der Waals surface area contributed by atoms with Crippen LogP contribution in [0.4, 0.5) is 8.78 Å². The maximum atomic E-state index is 14.1. The Labute approximate surface area is 126 Å². The molecule has 0 unspecified atom stereocenters. The summed E-state index contributed by atoms with van der Waals surface area (Å²) < 4.78 is 27.1. The van der Waals surface area contributed by atoms with E-state index in [1.165, 1.54) is 12.1 Å². The number of halogens is 2. The van der Waals surface area contributed by atoms with E-state index in [0.717, 1.165) is 6.07 Å². The van der Waals surface area contributed by atoms with Crippen molar-refractivity contribution in [1.29, 1.82) is 0 Å². The number of amides is 1. The highest BCUT2D eigenvalue weighted by atomic mass is 19.1. The van der Waals surface area contributed by atoms with E-state index in [1.807, 2.05) is 0 Å². The van der Waals surface area contributed by atoms with Crippen molar-refractivity contribution < 1.29 is 18.7 Å². The molecule has 2 aromatic rings. The molecule has 1 fully saturated rings. The van der Waals surface area contributed by atoms with Crippen LogP contribution in [0.25, 0.3) is 0 Å². The maximum absolute atomic E-state index is 14.1. The Hall–Kier alpha value is -2.21. The molecular formula is C16H16F2N2O2. The Bertz CT molecular complexity index is 667. The van der Waals surface area contributed by atoms with Gasteiger partial charge < -0.3 is 15.4 Å². The minimum absolute atomic E-state index is 0.0714. The van der Waals surface area contributed by atoms with Crippen LogP contribution in [0.2, 0.25) is 0 Å². The summed E-state index contributed by atoms with van der Waals surface area (Å²) in [4.78, 5) is 15.0. The molecule has 3 N–H and O–H groups in total. The molecule has 116 valence electrons. The lowest BCUT2D eigenvalue weighted by Crippen LogP contribution is -2.41. The Morgan fingerprint density at radius 3 is 2.68 bits per heavy atom. The molecular weight excluding hydrogens is 290 g/mol. The molecule has 1 amide bonds. The summed E-state index contributed by atoms with van der Waals surface area (Å²) in [6.45, 7) is 0. The Balaban J connectivity index is 1.85. The van der Waals surface area contributed by atoms with Crippen LogP contribution in [0, 0.1) is 17.6 Å². The molecule has 1 aliphatic rings. The van der Waals surface area contributed by atoms with Crippen molar-refractivity contribution >= 4 is 5.91 Å². The summed E-state index contributed by atoms with van der Waals surface area (Å²) in [7, 11) is 0. The van der Waals surface area contributed by atoms with Crippen molar-refractivity contribution in [2.24, 2.45) is 5.92 Å². The first-order chi connectivity index (χ1) is 10.5. The summed E-state index contributed by atoms with van der Waals surface area (Å²) >= 11 is 0. The average molecular weight is 306 g/mol. The van der Waals surface area contributed by atoms with Gasteiger partial charge in [-0.3, -0.25) is 4.79 Å². The van der Waals surface area contributed by atoms with Gasteiger partial charge >= 0.3 is 0 Å². The van der Waals surface area contributed by atoms with Crippen LogP contribution in [-0.2, 0) is 0 Å². The highest BCUT2D eigenvalue weighted by Gasteiger charge is 2.37. The second-order valence-electron chi connectivity index (χ2n) is 5.60. The van der Waals surface area contributed by atoms with Gasteiger partial charge in [-0.2, -0.15) is 0 Å². The summed E-state index contributed by atoms with van der Waals surface area (Å²) in [5.74, 6) is -1.76. The monoisotopic (exact) mass is 306 g/mol. The zero-order valence-corrected chi connectivity index (χ0v) is 11.7. The molecule has 1 saturated carbocycles. The van der Waals surface area contributed by atoms with Gasteiger partial charge in [0.05, 0.1) is 17.7 Å². The molecule has 1 aromatic heterocycles. The van der Waals surface area contributed by atoms with Crippen molar-refractivity contribution in [2.75, 3.05) is 0 Å². The molecule has 1 heterocycles. The lowest BCUT2D eigenvalue weighted by atomic mass is 9.75. The first-order valence-electron chi connectivity index (χ1n) is 7.11. The van der Waals surface area contributed by atoms with Crippen LogP contribution >= 0.6 is 0 Å². The van der Waals surface area contributed by atoms with E-state index < -0.39 is 23.8 Å². The van der Waals surface area contributed by atoms with Gasteiger partial charge in [-0.05, 0) is 30.9 Å². The molecule has 3 rings (SSSR count). The number of H-pyrrole nitrogens is 1. The van der Waals surface area contributed by atoms with Crippen LogP contribution in [0.15, 0.2) is 36.7 Å². The molecule has 0 spiro atoms. The van der Waals surface area contributed by atoms with Gasteiger partial charge in [-0.15, -0.1) is 0 Å². The Morgan fingerprint density at radius 1 is 1.32 bits per heavy atom. The molecule has 1 aromatic carbocycles. The van der Waals surface area contributed by atoms with E-state index in [2.05, 4.69) is 10.3 Å². The number of aromatic amines is 1. The molecule has 6 heteroatoms. The molecule has 0 aliphatic heterocycles. The molecule has 0 radical (unpaired) electrons. The van der Waals surface area contributed by atoms with Gasteiger partial charge in [0.1, 0.15) is 11.6 Å². The third-order valence-electron chi connectivity index (χ3n) is 4.07. The summed E-state index contributed by atoms with van der Waals surface area (Å²) in [6.07, 6.45) is 3.70. The van der Waals surface area contributed by atoms with Crippen molar-refractivity contribution in [3.8, 4) is 0 Å². The van der Waals surface area contributed by atoms with E-state index in [4.69, 9.17) is 0 Å². The second-order valence-corrected chi connectivity index (χ2v) is 5.60. The first kappa shape index (κ1) is 14.7. The number of benzene rings is 1. The molecule has 4 nitrogen and oxygen atoms in total. The van der Waals surface area contributed by atoms with Gasteiger partial charge in [0.15, 0.2) is 0 Å². The van der Waals surface area contributed by atoms with Crippen LogP contribution in [0.5, 0.6) is 0 Å². The number of carbonyl (C=O) groups is 1. The van der Waals surface area contributed by atoms with Gasteiger partial charge in [-0.1, -0.05) is 6.07 Å². The second kappa shape index (κ2) is 5.88. The number of nitrogens with one attached hydrogen (secondary N) is 2. The fraction of sp³-hybridized carbons (Fsp3) is 0.312. The third kappa shape index (κ3) is 2.87. The summed E-state index contributed by atoms with van der Waals surface area (Å²) in [5, 5.41) is 12.3. The average Bonchev–Trinajstić information content (AvgIpc) is 2.96. The van der Waals surface area contributed by atoms with Gasteiger partial charge in [0.25, 0.3) is 5.91 Å². The van der Waals surface area contributed by atoms with Gasteiger partial charge in [0.2, 0.25) is 0 Å². The smallest absolute Gasteiger partial charge is 0.253 e. The predicted molar refractivity (Wildman–Crippen MR) is 76.1 cm³/mol. The van der Waals surface area contributed by atoms with Crippen LogP contribution in [0.1, 0.15) is 34.8 Å². The number of aliphatic hydroxyl groups excluding tert-OH is 1. The third-order valence-corrected chi connectivity index (χ3v) is 4.07. The van der Waals surface area contributed by atoms with Crippen molar-refractivity contribution in [3.63, 3.8) is 0 Å². The number of hydrogen-bond acceptors (Lipinski definition) is 2. The summed E-state index contributed by atoms with van der Waals surface area (Å²) in [5.41, 5.74) is 0.676. The van der Waals surface area contributed by atoms with E-state index in [1.54, 1.807) is 18.5 Å². The fourth-order valence-corrected chi connectivity index (χ4v) is 2.80. The minimum atomic E-state index is -0.694. The van der Waals surface area contributed by atoms with Crippen molar-refractivity contribution in [1.82, 2.24) is 10.3 Å². The van der Waals surface area contributed by atoms with E-state index in [-0.39, 0.29) is 17.4 Å². The highest BCUT2D eigenvalue weighted by Crippen LogP contribution is 2.39. The van der Waals surface area contributed by atoms with Crippen LogP contribution in [0.3, 0.4) is 0 Å². The van der Waals surface area contributed by atoms with Crippen molar-refractivity contribution in [2.45, 2.75) is 25.0 Å². The van der Waals surface area contributed by atoms with E-state index in [9.17, 15) is 18.7 Å². The van der Waals surface area contributed by atoms with E-state index in [0.29, 0.717) is 18.4 Å². The number of aliphatic hydroxyl groups is 1. The normalized spacial score (nSPS) is 22.0. The number of aromatic nitrogens is 1. The largest absolute Gasteiger partial charge is 0.393 e. The maximum Gasteiger partial charge on any atom is 0.253 e.